The molecule has 0 aromatic heterocycles. The van der Waals surface area contributed by atoms with Crippen molar-refractivity contribution in [3.8, 4) is 0 Å². The van der Waals surface area contributed by atoms with Crippen LogP contribution < -0.4 is 5.73 Å². The molecule has 0 aromatic carbocycles. The lowest BCUT2D eigenvalue weighted by Crippen LogP contribution is -2.26. The molecule has 2 unspecified atom stereocenters. The summed E-state index contributed by atoms with van der Waals surface area (Å²) in [6.45, 7) is 4.30. The topological polar surface area (TPSA) is 26.0 Å². The molecule has 2 atom stereocenters. The molecule has 0 aromatic rings. The summed E-state index contributed by atoms with van der Waals surface area (Å²) in [6.07, 6.45) is 9.00. The van der Waals surface area contributed by atoms with Gasteiger partial charge < -0.3 is 5.73 Å². The van der Waals surface area contributed by atoms with Gasteiger partial charge in [-0.1, -0.05) is 29.4 Å². The number of hydrogen-bond donors (Lipinski definition) is 1. The SMILES string of the molecule is CC1=CCC(C2=CC=C(C)C(N)C2)S1. The van der Waals surface area contributed by atoms with Crippen molar-refractivity contribution in [2.75, 3.05) is 0 Å². The van der Waals surface area contributed by atoms with Crippen LogP contribution in [0.2, 0.25) is 0 Å². The van der Waals surface area contributed by atoms with Gasteiger partial charge in [0.25, 0.3) is 0 Å². The van der Waals surface area contributed by atoms with Gasteiger partial charge in [0.05, 0.1) is 0 Å². The third-order valence-electron chi connectivity index (χ3n) is 2.96. The van der Waals surface area contributed by atoms with E-state index in [9.17, 15) is 0 Å². The van der Waals surface area contributed by atoms with Crippen molar-refractivity contribution < 1.29 is 0 Å². The minimum Gasteiger partial charge on any atom is -0.324 e. The van der Waals surface area contributed by atoms with Gasteiger partial charge in [-0.3, -0.25) is 0 Å². The Balaban J connectivity index is 2.07. The van der Waals surface area contributed by atoms with Crippen molar-refractivity contribution in [1.29, 1.82) is 0 Å². The van der Waals surface area contributed by atoms with Crippen molar-refractivity contribution in [2.45, 2.75) is 38.0 Å². The Labute approximate surface area is 90.1 Å². The van der Waals surface area contributed by atoms with E-state index in [-0.39, 0.29) is 6.04 Å². The summed E-state index contributed by atoms with van der Waals surface area (Å²) in [5.74, 6) is 0. The van der Waals surface area contributed by atoms with Crippen LogP contribution in [0.25, 0.3) is 0 Å². The molecule has 0 amide bonds. The van der Waals surface area contributed by atoms with Crippen LogP contribution >= 0.6 is 11.8 Å². The Bertz CT molecular complexity index is 325. The van der Waals surface area contributed by atoms with Crippen LogP contribution in [-0.4, -0.2) is 11.3 Å². The first-order chi connectivity index (χ1) is 6.66. The van der Waals surface area contributed by atoms with Gasteiger partial charge in [-0.2, -0.15) is 0 Å². The molecule has 0 spiro atoms. The van der Waals surface area contributed by atoms with Gasteiger partial charge in [0.15, 0.2) is 0 Å². The van der Waals surface area contributed by atoms with Crippen molar-refractivity contribution in [2.24, 2.45) is 5.73 Å². The van der Waals surface area contributed by atoms with E-state index in [1.165, 1.54) is 22.5 Å². The average Bonchev–Trinajstić information content (AvgIpc) is 2.57. The van der Waals surface area contributed by atoms with Crippen molar-refractivity contribution in [1.82, 2.24) is 0 Å². The Morgan fingerprint density at radius 3 is 2.71 bits per heavy atom. The zero-order valence-corrected chi connectivity index (χ0v) is 9.60. The molecule has 1 nitrogen and oxygen atoms in total. The molecule has 1 heterocycles. The molecule has 76 valence electrons. The Morgan fingerprint density at radius 1 is 1.36 bits per heavy atom. The highest BCUT2D eigenvalue weighted by Crippen LogP contribution is 2.38. The normalized spacial score (nSPS) is 32.4. The van der Waals surface area contributed by atoms with Crippen molar-refractivity contribution >= 4 is 11.8 Å². The first-order valence-corrected chi connectivity index (χ1v) is 6.01. The monoisotopic (exact) mass is 207 g/mol. The van der Waals surface area contributed by atoms with E-state index in [2.05, 4.69) is 32.1 Å². The Hall–Kier alpha value is -0.470. The van der Waals surface area contributed by atoms with E-state index in [1.54, 1.807) is 0 Å². The third kappa shape index (κ3) is 1.96. The highest BCUT2D eigenvalue weighted by Gasteiger charge is 2.22. The summed E-state index contributed by atoms with van der Waals surface area (Å²) in [5.41, 5.74) is 8.86. The van der Waals surface area contributed by atoms with Gasteiger partial charge in [0.2, 0.25) is 0 Å². The van der Waals surface area contributed by atoms with E-state index in [1.807, 2.05) is 11.8 Å². The molecule has 0 radical (unpaired) electrons. The van der Waals surface area contributed by atoms with Crippen LogP contribution in [0.4, 0.5) is 0 Å². The quantitative estimate of drug-likeness (QED) is 0.715. The Morgan fingerprint density at radius 2 is 2.14 bits per heavy atom. The van der Waals surface area contributed by atoms with Crippen LogP contribution in [0.3, 0.4) is 0 Å². The van der Waals surface area contributed by atoms with Crippen molar-refractivity contribution in [3.63, 3.8) is 0 Å². The maximum Gasteiger partial charge on any atom is 0.0338 e. The summed E-state index contributed by atoms with van der Waals surface area (Å²) in [5, 5.41) is 0.658. The van der Waals surface area contributed by atoms with Crippen LogP contribution in [0.1, 0.15) is 26.7 Å². The van der Waals surface area contributed by atoms with Gasteiger partial charge in [-0.05, 0) is 31.6 Å². The highest BCUT2D eigenvalue weighted by atomic mass is 32.2. The number of hydrogen-bond acceptors (Lipinski definition) is 2. The lowest BCUT2D eigenvalue weighted by molar-refractivity contribution is 0.722. The van der Waals surface area contributed by atoms with Gasteiger partial charge in [0.1, 0.15) is 0 Å². The van der Waals surface area contributed by atoms with Crippen LogP contribution in [0, 0.1) is 0 Å². The lowest BCUT2D eigenvalue weighted by atomic mass is 9.92. The molecule has 2 aliphatic rings. The molecular formula is C12H17NS. The van der Waals surface area contributed by atoms with E-state index in [0.29, 0.717) is 5.25 Å². The minimum absolute atomic E-state index is 0.247. The van der Waals surface area contributed by atoms with Gasteiger partial charge in [-0.15, -0.1) is 11.8 Å². The summed E-state index contributed by atoms with van der Waals surface area (Å²) >= 11 is 1.98. The number of allylic oxidation sites excluding steroid dienone is 4. The zero-order valence-electron chi connectivity index (χ0n) is 8.79. The van der Waals surface area contributed by atoms with E-state index in [4.69, 9.17) is 5.73 Å². The number of thioether (sulfide) groups is 1. The smallest absolute Gasteiger partial charge is 0.0338 e. The maximum atomic E-state index is 6.04. The molecule has 0 fully saturated rings. The molecule has 2 heteroatoms. The van der Waals surface area contributed by atoms with Crippen LogP contribution in [-0.2, 0) is 0 Å². The number of rotatable bonds is 1. The minimum atomic E-state index is 0.247. The standard InChI is InChI=1S/C12H17NS/c1-8-3-5-10(7-11(8)13)12-6-4-9(2)14-12/h3-5,11-12H,6-7,13H2,1-2H3. The van der Waals surface area contributed by atoms with Crippen molar-refractivity contribution in [3.05, 3.63) is 34.3 Å². The fraction of sp³-hybridized carbons (Fsp3) is 0.500. The summed E-state index contributed by atoms with van der Waals surface area (Å²) in [7, 11) is 0. The van der Waals surface area contributed by atoms with Gasteiger partial charge in [0, 0.05) is 11.3 Å². The molecule has 0 saturated carbocycles. The van der Waals surface area contributed by atoms with Crippen LogP contribution in [0.5, 0.6) is 0 Å². The number of nitrogens with two attached hydrogens (primary N) is 1. The maximum absolute atomic E-state index is 6.04. The van der Waals surface area contributed by atoms with Gasteiger partial charge >= 0.3 is 0 Å². The van der Waals surface area contributed by atoms with Gasteiger partial charge in [-0.25, -0.2) is 0 Å². The molecule has 1 aliphatic carbocycles. The Kier molecular flexibility index (Phi) is 2.84. The second-order valence-corrected chi connectivity index (χ2v) is 5.57. The molecule has 1 aliphatic heterocycles. The predicted octanol–water partition coefficient (Wildman–Crippen LogP) is 3.00. The first-order valence-electron chi connectivity index (χ1n) is 5.13. The molecule has 14 heavy (non-hydrogen) atoms. The van der Waals surface area contributed by atoms with E-state index < -0.39 is 0 Å². The van der Waals surface area contributed by atoms with E-state index in [0.717, 1.165) is 6.42 Å². The van der Waals surface area contributed by atoms with Crippen LogP contribution in [0.15, 0.2) is 34.3 Å². The fourth-order valence-corrected chi connectivity index (χ4v) is 3.06. The summed E-state index contributed by atoms with van der Waals surface area (Å²) in [6, 6.07) is 0.247. The third-order valence-corrected chi connectivity index (χ3v) is 4.28. The summed E-state index contributed by atoms with van der Waals surface area (Å²) in [4.78, 5) is 1.45. The zero-order chi connectivity index (χ0) is 10.1. The first kappa shape index (κ1) is 10.1. The molecular weight excluding hydrogens is 190 g/mol. The lowest BCUT2D eigenvalue weighted by Gasteiger charge is -2.22. The van der Waals surface area contributed by atoms with E-state index >= 15 is 0 Å². The molecule has 0 saturated heterocycles. The second kappa shape index (κ2) is 3.95. The molecule has 2 N–H and O–H groups in total. The predicted molar refractivity (Wildman–Crippen MR) is 64.2 cm³/mol. The fourth-order valence-electron chi connectivity index (χ4n) is 1.90. The summed E-state index contributed by atoms with van der Waals surface area (Å²) < 4.78 is 0. The average molecular weight is 207 g/mol. The molecule has 0 bridgehead atoms. The highest BCUT2D eigenvalue weighted by molar-refractivity contribution is 8.04. The molecule has 2 rings (SSSR count). The second-order valence-electron chi connectivity index (χ2n) is 4.12. The largest absolute Gasteiger partial charge is 0.324 e.